The average Bonchev–Trinajstić information content (AvgIpc) is 3.07. The molecule has 4 heterocycles. The molecule has 0 saturated carbocycles. The van der Waals surface area contributed by atoms with Crippen molar-refractivity contribution in [2.75, 3.05) is 18.0 Å². The van der Waals surface area contributed by atoms with Gasteiger partial charge in [0.1, 0.15) is 11.6 Å². The minimum absolute atomic E-state index is 0.464. The van der Waals surface area contributed by atoms with Gasteiger partial charge in [-0.2, -0.15) is 9.61 Å². The molecule has 1 aliphatic rings. The number of fused-ring (bicyclic) bond motifs is 1. The van der Waals surface area contributed by atoms with Gasteiger partial charge in [0.2, 0.25) is 0 Å². The molecule has 4 rings (SSSR count). The van der Waals surface area contributed by atoms with E-state index in [2.05, 4.69) is 50.6 Å². The smallest absolute Gasteiger partial charge is 0.157 e. The van der Waals surface area contributed by atoms with Crippen molar-refractivity contribution in [3.8, 4) is 0 Å². The zero-order valence-electron chi connectivity index (χ0n) is 14.8. The number of anilines is 1. The van der Waals surface area contributed by atoms with Gasteiger partial charge < -0.3 is 9.47 Å². The molecular weight excluding hydrogens is 300 g/mol. The Morgan fingerprint density at radius 1 is 1.17 bits per heavy atom. The summed E-state index contributed by atoms with van der Waals surface area (Å²) in [4.78, 5) is 11.5. The van der Waals surface area contributed by atoms with Crippen molar-refractivity contribution in [3.63, 3.8) is 0 Å². The number of rotatable bonds is 4. The van der Waals surface area contributed by atoms with Gasteiger partial charge in [-0.3, -0.25) is 0 Å². The summed E-state index contributed by atoms with van der Waals surface area (Å²) >= 11 is 0. The Kier molecular flexibility index (Phi) is 3.55. The van der Waals surface area contributed by atoms with Crippen LogP contribution in [0, 0.1) is 19.8 Å². The predicted molar refractivity (Wildman–Crippen MR) is 94.5 cm³/mol. The number of imidazole rings is 1. The normalized spacial score (nSPS) is 15.5. The van der Waals surface area contributed by atoms with Gasteiger partial charge in [0.15, 0.2) is 5.65 Å². The van der Waals surface area contributed by atoms with Crippen molar-refractivity contribution < 1.29 is 0 Å². The molecule has 0 radical (unpaired) electrons. The third-order valence-corrected chi connectivity index (χ3v) is 4.66. The second kappa shape index (κ2) is 5.61. The summed E-state index contributed by atoms with van der Waals surface area (Å²) in [6.45, 7) is 11.6. The molecule has 0 spiro atoms. The number of hydrogen-bond acceptors (Lipinski definition) is 4. The minimum Gasteiger partial charge on any atom is -0.356 e. The molecule has 1 saturated heterocycles. The summed E-state index contributed by atoms with van der Waals surface area (Å²) < 4.78 is 4.27. The molecule has 0 aromatic carbocycles. The molecule has 1 aliphatic heterocycles. The average molecular weight is 324 g/mol. The van der Waals surface area contributed by atoms with Crippen molar-refractivity contribution in [2.24, 2.45) is 5.92 Å². The Morgan fingerprint density at radius 2 is 1.96 bits per heavy atom. The van der Waals surface area contributed by atoms with Crippen LogP contribution in [-0.2, 0) is 6.54 Å². The van der Waals surface area contributed by atoms with Crippen LogP contribution in [0.25, 0.3) is 5.65 Å². The van der Waals surface area contributed by atoms with Crippen LogP contribution in [0.5, 0.6) is 0 Å². The summed E-state index contributed by atoms with van der Waals surface area (Å²) in [6.07, 6.45) is 4.01. The van der Waals surface area contributed by atoms with Crippen LogP contribution in [0.4, 0.5) is 5.82 Å². The first kappa shape index (κ1) is 15.2. The van der Waals surface area contributed by atoms with E-state index in [1.807, 2.05) is 30.6 Å². The highest BCUT2D eigenvalue weighted by Gasteiger charge is 2.30. The topological polar surface area (TPSA) is 51.2 Å². The SMILES string of the molecule is Cc1cc(N2CC(Cn3ccnc3C(C)C)C2)n2nc(C)cc2n1. The molecular formula is C18H24N6. The minimum atomic E-state index is 0.464. The zero-order chi connectivity index (χ0) is 16.8. The van der Waals surface area contributed by atoms with E-state index in [1.165, 1.54) is 5.82 Å². The van der Waals surface area contributed by atoms with Gasteiger partial charge in [0.25, 0.3) is 0 Å². The van der Waals surface area contributed by atoms with Crippen molar-refractivity contribution in [3.05, 3.63) is 41.7 Å². The highest BCUT2D eigenvalue weighted by molar-refractivity contribution is 5.53. The van der Waals surface area contributed by atoms with Crippen molar-refractivity contribution >= 4 is 11.5 Å². The Morgan fingerprint density at radius 3 is 2.71 bits per heavy atom. The van der Waals surface area contributed by atoms with Crippen LogP contribution in [0.3, 0.4) is 0 Å². The van der Waals surface area contributed by atoms with E-state index >= 15 is 0 Å². The van der Waals surface area contributed by atoms with Gasteiger partial charge in [-0.1, -0.05) is 13.8 Å². The van der Waals surface area contributed by atoms with E-state index in [0.717, 1.165) is 42.5 Å². The molecule has 0 bridgehead atoms. The van der Waals surface area contributed by atoms with Crippen molar-refractivity contribution in [1.82, 2.24) is 24.1 Å². The van der Waals surface area contributed by atoms with Gasteiger partial charge in [-0.05, 0) is 13.8 Å². The monoisotopic (exact) mass is 324 g/mol. The zero-order valence-corrected chi connectivity index (χ0v) is 14.8. The third-order valence-electron chi connectivity index (χ3n) is 4.66. The second-order valence-corrected chi connectivity index (χ2v) is 7.17. The Labute approximate surface area is 142 Å². The third kappa shape index (κ3) is 2.56. The summed E-state index contributed by atoms with van der Waals surface area (Å²) in [5, 5.41) is 4.59. The van der Waals surface area contributed by atoms with Gasteiger partial charge in [0, 0.05) is 61.7 Å². The maximum absolute atomic E-state index is 4.59. The van der Waals surface area contributed by atoms with Crippen LogP contribution < -0.4 is 4.90 Å². The standard InChI is InChI=1S/C18H24N6/c1-12(2)18-19-5-6-22(18)9-15-10-23(11-15)17-8-13(3)20-16-7-14(4)21-24(16)17/h5-8,12,15H,9-11H2,1-4H3. The lowest BCUT2D eigenvalue weighted by Gasteiger charge is -2.41. The van der Waals surface area contributed by atoms with E-state index < -0.39 is 0 Å². The molecule has 3 aromatic heterocycles. The number of hydrogen-bond donors (Lipinski definition) is 0. The molecule has 1 fully saturated rings. The lowest BCUT2D eigenvalue weighted by atomic mass is 9.99. The van der Waals surface area contributed by atoms with E-state index in [-0.39, 0.29) is 0 Å². The lowest BCUT2D eigenvalue weighted by Crippen LogP contribution is -2.49. The van der Waals surface area contributed by atoms with Crippen LogP contribution in [0.2, 0.25) is 0 Å². The van der Waals surface area contributed by atoms with E-state index in [0.29, 0.717) is 11.8 Å². The first-order valence-corrected chi connectivity index (χ1v) is 8.61. The first-order valence-electron chi connectivity index (χ1n) is 8.61. The molecule has 126 valence electrons. The molecule has 0 N–H and O–H groups in total. The van der Waals surface area contributed by atoms with Crippen LogP contribution in [0.15, 0.2) is 24.5 Å². The first-order chi connectivity index (χ1) is 11.5. The largest absolute Gasteiger partial charge is 0.356 e. The van der Waals surface area contributed by atoms with Crippen molar-refractivity contribution in [2.45, 2.75) is 40.2 Å². The number of aryl methyl sites for hydroxylation is 2. The molecule has 6 heteroatoms. The second-order valence-electron chi connectivity index (χ2n) is 7.17. The van der Waals surface area contributed by atoms with Gasteiger partial charge in [0.05, 0.1) is 5.69 Å². The summed E-state index contributed by atoms with van der Waals surface area (Å²) in [7, 11) is 0. The molecule has 24 heavy (non-hydrogen) atoms. The van der Waals surface area contributed by atoms with Gasteiger partial charge in [-0.15, -0.1) is 0 Å². The molecule has 0 unspecified atom stereocenters. The fourth-order valence-corrected chi connectivity index (χ4v) is 3.55. The number of aromatic nitrogens is 5. The van der Waals surface area contributed by atoms with Crippen LogP contribution in [-0.4, -0.2) is 37.2 Å². The predicted octanol–water partition coefficient (Wildman–Crippen LogP) is 2.80. The Hall–Kier alpha value is -2.37. The number of nitrogens with zero attached hydrogens (tertiary/aromatic N) is 6. The van der Waals surface area contributed by atoms with Crippen LogP contribution >= 0.6 is 0 Å². The fourth-order valence-electron chi connectivity index (χ4n) is 3.55. The van der Waals surface area contributed by atoms with Gasteiger partial charge >= 0.3 is 0 Å². The summed E-state index contributed by atoms with van der Waals surface area (Å²) in [5.74, 6) is 3.44. The van der Waals surface area contributed by atoms with Crippen LogP contribution in [0.1, 0.15) is 37.0 Å². The highest BCUT2D eigenvalue weighted by atomic mass is 15.4. The fraction of sp³-hybridized carbons (Fsp3) is 0.500. The van der Waals surface area contributed by atoms with E-state index in [1.54, 1.807) is 0 Å². The molecule has 0 aliphatic carbocycles. The maximum Gasteiger partial charge on any atom is 0.157 e. The molecule has 3 aromatic rings. The van der Waals surface area contributed by atoms with Gasteiger partial charge in [-0.25, -0.2) is 9.97 Å². The molecule has 0 amide bonds. The van der Waals surface area contributed by atoms with E-state index in [9.17, 15) is 0 Å². The Balaban J connectivity index is 1.51. The maximum atomic E-state index is 4.59. The summed E-state index contributed by atoms with van der Waals surface area (Å²) in [6, 6.07) is 4.17. The van der Waals surface area contributed by atoms with Crippen molar-refractivity contribution in [1.29, 1.82) is 0 Å². The lowest BCUT2D eigenvalue weighted by molar-refractivity contribution is 0.347. The Bertz CT molecular complexity index is 869. The summed E-state index contributed by atoms with van der Waals surface area (Å²) in [5.41, 5.74) is 2.98. The van der Waals surface area contributed by atoms with E-state index in [4.69, 9.17) is 0 Å². The highest BCUT2D eigenvalue weighted by Crippen LogP contribution is 2.27. The molecule has 6 nitrogen and oxygen atoms in total. The molecule has 0 atom stereocenters. The quantitative estimate of drug-likeness (QED) is 0.740.